The summed E-state index contributed by atoms with van der Waals surface area (Å²) in [5, 5.41) is 0. The van der Waals surface area contributed by atoms with E-state index in [0.29, 0.717) is 6.61 Å². The number of carbonyl (C=O) groups is 1. The first-order valence-corrected chi connectivity index (χ1v) is 9.85. The number of benzene rings is 2. The second kappa shape index (κ2) is 8.65. The van der Waals surface area contributed by atoms with Crippen LogP contribution in [0, 0.1) is 5.92 Å². The Balaban J connectivity index is 1.69. The molecular formula is C23H30N2O3. The Labute approximate surface area is 167 Å². The van der Waals surface area contributed by atoms with E-state index in [2.05, 4.69) is 4.90 Å². The maximum Gasteiger partial charge on any atom is 0.312 e. The van der Waals surface area contributed by atoms with E-state index in [1.165, 1.54) is 0 Å². The zero-order chi connectivity index (χ0) is 20.1. The molecule has 1 aliphatic rings. The second-order valence-electron chi connectivity index (χ2n) is 8.24. The van der Waals surface area contributed by atoms with E-state index < -0.39 is 11.8 Å². The molecule has 2 N–H and O–H groups in total. The number of esters is 1. The van der Waals surface area contributed by atoms with Crippen LogP contribution in [0.1, 0.15) is 39.2 Å². The summed E-state index contributed by atoms with van der Waals surface area (Å²) in [6, 6.07) is 18.0. The quantitative estimate of drug-likeness (QED) is 0.789. The van der Waals surface area contributed by atoms with E-state index >= 15 is 0 Å². The van der Waals surface area contributed by atoms with E-state index in [-0.39, 0.29) is 11.9 Å². The van der Waals surface area contributed by atoms with Crippen molar-refractivity contribution in [2.24, 2.45) is 11.7 Å². The van der Waals surface area contributed by atoms with Gasteiger partial charge in [0.1, 0.15) is 18.0 Å². The van der Waals surface area contributed by atoms with Crippen LogP contribution in [0.5, 0.6) is 5.75 Å². The van der Waals surface area contributed by atoms with Crippen LogP contribution in [0.3, 0.4) is 0 Å². The highest BCUT2D eigenvalue weighted by Gasteiger charge is 2.36. The van der Waals surface area contributed by atoms with Crippen LogP contribution >= 0.6 is 0 Å². The van der Waals surface area contributed by atoms with Crippen molar-refractivity contribution in [1.82, 2.24) is 0 Å². The largest absolute Gasteiger partial charge is 0.489 e. The van der Waals surface area contributed by atoms with Gasteiger partial charge in [-0.1, -0.05) is 36.4 Å². The van der Waals surface area contributed by atoms with Crippen LogP contribution in [0.2, 0.25) is 0 Å². The molecule has 1 heterocycles. The van der Waals surface area contributed by atoms with E-state index in [9.17, 15) is 4.79 Å². The van der Waals surface area contributed by atoms with Gasteiger partial charge in [0.05, 0.1) is 12.1 Å². The van der Waals surface area contributed by atoms with Gasteiger partial charge in [0.25, 0.3) is 0 Å². The molecule has 0 amide bonds. The summed E-state index contributed by atoms with van der Waals surface area (Å²) in [5.41, 5.74) is 8.05. The van der Waals surface area contributed by atoms with Crippen molar-refractivity contribution in [2.75, 3.05) is 11.4 Å². The van der Waals surface area contributed by atoms with Crippen molar-refractivity contribution in [3.63, 3.8) is 0 Å². The molecule has 3 rings (SSSR count). The Kier molecular flexibility index (Phi) is 6.25. The van der Waals surface area contributed by atoms with Gasteiger partial charge in [-0.05, 0) is 51.3 Å². The second-order valence-corrected chi connectivity index (χ2v) is 8.24. The molecule has 0 spiro atoms. The molecule has 5 heteroatoms. The summed E-state index contributed by atoms with van der Waals surface area (Å²) in [7, 11) is 0. The third kappa shape index (κ3) is 5.26. The van der Waals surface area contributed by atoms with Gasteiger partial charge in [0.2, 0.25) is 0 Å². The minimum Gasteiger partial charge on any atom is -0.489 e. The molecule has 2 aromatic carbocycles. The molecule has 1 aliphatic heterocycles. The number of ether oxygens (including phenoxy) is 2. The molecule has 0 radical (unpaired) electrons. The van der Waals surface area contributed by atoms with Crippen molar-refractivity contribution in [2.45, 2.75) is 52.0 Å². The average molecular weight is 383 g/mol. The number of anilines is 1. The molecule has 150 valence electrons. The fourth-order valence-corrected chi connectivity index (χ4v) is 3.45. The predicted octanol–water partition coefficient (Wildman–Crippen LogP) is 4.11. The number of hydrogen-bond acceptors (Lipinski definition) is 5. The van der Waals surface area contributed by atoms with Gasteiger partial charge < -0.3 is 20.1 Å². The van der Waals surface area contributed by atoms with Crippen molar-refractivity contribution in [3.05, 3.63) is 60.2 Å². The number of rotatable bonds is 5. The van der Waals surface area contributed by atoms with Gasteiger partial charge in [0.15, 0.2) is 0 Å². The molecular weight excluding hydrogens is 352 g/mol. The fourth-order valence-electron chi connectivity index (χ4n) is 3.45. The third-order valence-electron chi connectivity index (χ3n) is 4.79. The summed E-state index contributed by atoms with van der Waals surface area (Å²) in [4.78, 5) is 14.7. The molecule has 5 nitrogen and oxygen atoms in total. The monoisotopic (exact) mass is 382 g/mol. The number of carbonyl (C=O) groups excluding carboxylic acids is 1. The number of nitrogens with two attached hydrogens (primary N) is 1. The fraction of sp³-hybridized carbons (Fsp3) is 0.435. The standard InChI is InChI=1S/C23H30N2O3/c1-23(2,3)28-22(26)20-13-8-14-25(21(20)24)18-11-7-12-19(15-18)27-16-17-9-5-4-6-10-17/h4-7,9-12,15,20-21H,8,13-14,16,24H2,1-3H3. The normalized spacial score (nSPS) is 19.9. The van der Waals surface area contributed by atoms with Crippen LogP contribution in [-0.2, 0) is 16.1 Å². The molecule has 1 saturated heterocycles. The van der Waals surface area contributed by atoms with Crippen molar-refractivity contribution in [1.29, 1.82) is 0 Å². The predicted molar refractivity (Wildman–Crippen MR) is 111 cm³/mol. The number of nitrogens with zero attached hydrogens (tertiary/aromatic N) is 1. The van der Waals surface area contributed by atoms with Crippen molar-refractivity contribution >= 4 is 11.7 Å². The SMILES string of the molecule is CC(C)(C)OC(=O)C1CCCN(c2cccc(OCc3ccccc3)c2)C1N. The molecule has 1 fully saturated rings. The first-order valence-electron chi connectivity index (χ1n) is 9.85. The minimum atomic E-state index is -0.510. The van der Waals surface area contributed by atoms with E-state index in [4.69, 9.17) is 15.2 Å². The molecule has 2 unspecified atom stereocenters. The summed E-state index contributed by atoms with van der Waals surface area (Å²) >= 11 is 0. The van der Waals surface area contributed by atoms with Gasteiger partial charge in [0, 0.05) is 18.3 Å². The van der Waals surface area contributed by atoms with Gasteiger partial charge in [-0.3, -0.25) is 4.79 Å². The zero-order valence-electron chi connectivity index (χ0n) is 16.9. The third-order valence-corrected chi connectivity index (χ3v) is 4.79. The molecule has 0 saturated carbocycles. The lowest BCUT2D eigenvalue weighted by molar-refractivity contribution is -0.161. The number of hydrogen-bond donors (Lipinski definition) is 1. The smallest absolute Gasteiger partial charge is 0.312 e. The summed E-state index contributed by atoms with van der Waals surface area (Å²) in [5.74, 6) is 0.232. The Morgan fingerprint density at radius 3 is 2.61 bits per heavy atom. The lowest BCUT2D eigenvalue weighted by atomic mass is 9.93. The first kappa shape index (κ1) is 20.2. The van der Waals surface area contributed by atoms with Crippen LogP contribution in [-0.4, -0.2) is 24.3 Å². The van der Waals surface area contributed by atoms with Gasteiger partial charge in [-0.25, -0.2) is 0 Å². The number of piperidine rings is 1. The molecule has 2 atom stereocenters. The molecule has 0 bridgehead atoms. The molecule has 0 aliphatic carbocycles. The Morgan fingerprint density at radius 2 is 1.89 bits per heavy atom. The van der Waals surface area contributed by atoms with Crippen LogP contribution < -0.4 is 15.4 Å². The van der Waals surface area contributed by atoms with Crippen LogP contribution in [0.25, 0.3) is 0 Å². The van der Waals surface area contributed by atoms with Gasteiger partial charge in [-0.2, -0.15) is 0 Å². The van der Waals surface area contributed by atoms with Crippen molar-refractivity contribution in [3.8, 4) is 5.75 Å². The Hall–Kier alpha value is -2.53. The molecule has 2 aromatic rings. The zero-order valence-corrected chi connectivity index (χ0v) is 16.9. The summed E-state index contributed by atoms with van der Waals surface area (Å²) in [6.45, 7) is 6.96. The molecule has 0 aromatic heterocycles. The maximum atomic E-state index is 12.6. The van der Waals surface area contributed by atoms with E-state index in [1.54, 1.807) is 0 Å². The van der Waals surface area contributed by atoms with Gasteiger partial charge in [-0.15, -0.1) is 0 Å². The first-order chi connectivity index (χ1) is 13.3. The average Bonchev–Trinajstić information content (AvgIpc) is 2.66. The van der Waals surface area contributed by atoms with E-state index in [0.717, 1.165) is 36.4 Å². The Morgan fingerprint density at radius 1 is 1.14 bits per heavy atom. The topological polar surface area (TPSA) is 64.8 Å². The highest BCUT2D eigenvalue weighted by Crippen LogP contribution is 2.30. The van der Waals surface area contributed by atoms with Crippen molar-refractivity contribution < 1.29 is 14.3 Å². The molecule has 28 heavy (non-hydrogen) atoms. The summed E-state index contributed by atoms with van der Waals surface area (Å²) in [6.07, 6.45) is 1.23. The lowest BCUT2D eigenvalue weighted by Gasteiger charge is -2.40. The van der Waals surface area contributed by atoms with E-state index in [1.807, 2.05) is 75.4 Å². The van der Waals surface area contributed by atoms with Crippen LogP contribution in [0.4, 0.5) is 5.69 Å². The Bertz CT molecular complexity index is 786. The van der Waals surface area contributed by atoms with Crippen LogP contribution in [0.15, 0.2) is 54.6 Å². The minimum absolute atomic E-state index is 0.221. The highest BCUT2D eigenvalue weighted by molar-refractivity contribution is 5.75. The summed E-state index contributed by atoms with van der Waals surface area (Å²) < 4.78 is 11.5. The van der Waals surface area contributed by atoms with Gasteiger partial charge >= 0.3 is 5.97 Å². The lowest BCUT2D eigenvalue weighted by Crippen LogP contribution is -2.54. The highest BCUT2D eigenvalue weighted by atomic mass is 16.6. The maximum absolute atomic E-state index is 12.6.